The van der Waals surface area contributed by atoms with E-state index in [-0.39, 0.29) is 5.75 Å². The minimum Gasteiger partial charge on any atom is -0.508 e. The van der Waals surface area contributed by atoms with Crippen LogP contribution >= 0.6 is 0 Å². The number of hydrogen-bond acceptors (Lipinski definition) is 4. The maximum absolute atomic E-state index is 9.58. The van der Waals surface area contributed by atoms with Crippen LogP contribution in [0.15, 0.2) is 24.3 Å². The van der Waals surface area contributed by atoms with Gasteiger partial charge in [0.1, 0.15) is 5.75 Å². The Morgan fingerprint density at radius 2 is 1.90 bits per heavy atom. The number of aromatic hydroxyl groups is 1. The van der Waals surface area contributed by atoms with Crippen LogP contribution in [0.1, 0.15) is 29.8 Å². The number of hydrogen-bond donors (Lipinski definition) is 2. The van der Waals surface area contributed by atoms with Gasteiger partial charge in [-0.05, 0) is 57.4 Å². The molecule has 2 aromatic rings. The molecule has 3 rings (SSSR count). The molecule has 1 aromatic carbocycles. The van der Waals surface area contributed by atoms with Gasteiger partial charge in [0.15, 0.2) is 5.82 Å². The fourth-order valence-corrected chi connectivity index (χ4v) is 2.56. The number of rotatable bonds is 5. The van der Waals surface area contributed by atoms with E-state index in [2.05, 4.69) is 15.3 Å². The van der Waals surface area contributed by atoms with E-state index in [1.165, 1.54) is 18.4 Å². The van der Waals surface area contributed by atoms with E-state index in [0.29, 0.717) is 5.82 Å². The Morgan fingerprint density at radius 1 is 1.19 bits per heavy atom. The maximum Gasteiger partial charge on any atom is 0.159 e. The number of nitrogens with zero attached hydrogens (tertiary/aromatic N) is 2. The summed E-state index contributed by atoms with van der Waals surface area (Å²) in [5.41, 5.74) is 4.13. The lowest BCUT2D eigenvalue weighted by Gasteiger charge is -2.11. The van der Waals surface area contributed by atoms with Gasteiger partial charge >= 0.3 is 0 Å². The highest BCUT2D eigenvalue weighted by Crippen LogP contribution is 2.23. The highest BCUT2D eigenvalue weighted by Gasteiger charge is 2.20. The summed E-state index contributed by atoms with van der Waals surface area (Å²) in [4.78, 5) is 9.22. The second-order valence-corrected chi connectivity index (χ2v) is 5.73. The summed E-state index contributed by atoms with van der Waals surface area (Å²) in [6.07, 6.45) is 3.59. The number of aryl methyl sites for hydroxylation is 2. The van der Waals surface area contributed by atoms with Crippen LogP contribution < -0.4 is 5.32 Å². The van der Waals surface area contributed by atoms with Crippen LogP contribution in [-0.4, -0.2) is 27.7 Å². The molecule has 0 bridgehead atoms. The molecule has 0 radical (unpaired) electrons. The Hall–Kier alpha value is -1.94. The number of phenols is 1. The maximum atomic E-state index is 9.58. The van der Waals surface area contributed by atoms with Crippen LogP contribution in [0.25, 0.3) is 11.4 Å². The van der Waals surface area contributed by atoms with Crippen molar-refractivity contribution >= 4 is 0 Å². The standard InChI is InChI=1S/C17H21N3O/c1-11-16(8-9-18-14-6-7-14)12(2)20-17(19-11)13-4-3-5-15(21)10-13/h3-5,10,14,18,21H,6-9H2,1-2H3. The molecule has 0 atom stereocenters. The van der Waals surface area contributed by atoms with Gasteiger partial charge < -0.3 is 10.4 Å². The van der Waals surface area contributed by atoms with E-state index < -0.39 is 0 Å². The summed E-state index contributed by atoms with van der Waals surface area (Å²) in [6.45, 7) is 5.06. The molecule has 0 unspecified atom stereocenters. The smallest absolute Gasteiger partial charge is 0.159 e. The molecule has 1 aromatic heterocycles. The first-order valence-electron chi connectivity index (χ1n) is 7.50. The van der Waals surface area contributed by atoms with Crippen LogP contribution in [0, 0.1) is 13.8 Å². The molecular formula is C17H21N3O. The minimum atomic E-state index is 0.240. The molecule has 0 saturated heterocycles. The largest absolute Gasteiger partial charge is 0.508 e. The van der Waals surface area contributed by atoms with Crippen LogP contribution in [0.3, 0.4) is 0 Å². The first kappa shape index (κ1) is 14.0. The number of aromatic nitrogens is 2. The zero-order valence-corrected chi connectivity index (χ0v) is 12.6. The van der Waals surface area contributed by atoms with E-state index >= 15 is 0 Å². The number of nitrogens with one attached hydrogen (secondary N) is 1. The van der Waals surface area contributed by atoms with Gasteiger partial charge in [0, 0.05) is 23.0 Å². The lowest BCUT2D eigenvalue weighted by Crippen LogP contribution is -2.20. The van der Waals surface area contributed by atoms with E-state index in [1.807, 2.05) is 26.0 Å². The van der Waals surface area contributed by atoms with Gasteiger partial charge in [-0.2, -0.15) is 0 Å². The summed E-state index contributed by atoms with van der Waals surface area (Å²) in [5, 5.41) is 13.1. The molecule has 110 valence electrons. The Morgan fingerprint density at radius 3 is 2.52 bits per heavy atom. The minimum absolute atomic E-state index is 0.240. The molecular weight excluding hydrogens is 262 g/mol. The molecule has 1 aliphatic carbocycles. The summed E-state index contributed by atoms with van der Waals surface area (Å²) in [5.74, 6) is 0.920. The van der Waals surface area contributed by atoms with Gasteiger partial charge in [-0.15, -0.1) is 0 Å². The van der Waals surface area contributed by atoms with Crippen molar-refractivity contribution in [3.8, 4) is 17.1 Å². The van der Waals surface area contributed by atoms with Crippen molar-refractivity contribution in [3.05, 3.63) is 41.2 Å². The number of benzene rings is 1. The molecule has 4 nitrogen and oxygen atoms in total. The van der Waals surface area contributed by atoms with Gasteiger partial charge in [0.2, 0.25) is 0 Å². The van der Waals surface area contributed by atoms with Crippen molar-refractivity contribution in [1.29, 1.82) is 0 Å². The van der Waals surface area contributed by atoms with Gasteiger partial charge in [-0.1, -0.05) is 12.1 Å². The third-order valence-electron chi connectivity index (χ3n) is 3.91. The predicted molar refractivity (Wildman–Crippen MR) is 83.3 cm³/mol. The van der Waals surface area contributed by atoms with E-state index in [0.717, 1.165) is 36.0 Å². The van der Waals surface area contributed by atoms with Crippen LogP contribution in [-0.2, 0) is 6.42 Å². The third kappa shape index (κ3) is 3.39. The zero-order chi connectivity index (χ0) is 14.8. The second kappa shape index (κ2) is 5.82. The highest BCUT2D eigenvalue weighted by atomic mass is 16.3. The quantitative estimate of drug-likeness (QED) is 0.886. The van der Waals surface area contributed by atoms with Crippen LogP contribution in [0.5, 0.6) is 5.75 Å². The first-order valence-corrected chi connectivity index (χ1v) is 7.50. The molecule has 1 heterocycles. The van der Waals surface area contributed by atoms with Gasteiger partial charge in [0.25, 0.3) is 0 Å². The molecule has 0 amide bonds. The molecule has 0 spiro atoms. The topological polar surface area (TPSA) is 58.0 Å². The highest BCUT2D eigenvalue weighted by molar-refractivity contribution is 5.58. The Bertz CT molecular complexity index is 627. The molecule has 1 fully saturated rings. The first-order chi connectivity index (χ1) is 10.1. The molecule has 1 aliphatic rings. The molecule has 4 heteroatoms. The lowest BCUT2D eigenvalue weighted by atomic mass is 10.1. The monoisotopic (exact) mass is 283 g/mol. The normalized spacial score (nSPS) is 14.4. The number of phenolic OH excluding ortho intramolecular Hbond substituents is 1. The Kier molecular flexibility index (Phi) is 3.88. The average molecular weight is 283 g/mol. The van der Waals surface area contributed by atoms with Crippen molar-refractivity contribution in [2.24, 2.45) is 0 Å². The lowest BCUT2D eigenvalue weighted by molar-refractivity contribution is 0.475. The van der Waals surface area contributed by atoms with E-state index in [1.54, 1.807) is 12.1 Å². The van der Waals surface area contributed by atoms with Crippen molar-refractivity contribution in [2.45, 2.75) is 39.2 Å². The van der Waals surface area contributed by atoms with Crippen molar-refractivity contribution in [2.75, 3.05) is 6.54 Å². The SMILES string of the molecule is Cc1nc(-c2cccc(O)c2)nc(C)c1CCNC1CC1. The average Bonchev–Trinajstić information content (AvgIpc) is 3.26. The predicted octanol–water partition coefficient (Wildman–Crippen LogP) is 2.76. The third-order valence-corrected chi connectivity index (χ3v) is 3.91. The fourth-order valence-electron chi connectivity index (χ4n) is 2.56. The molecule has 1 saturated carbocycles. The van der Waals surface area contributed by atoms with Crippen LogP contribution in [0.4, 0.5) is 0 Å². The fraction of sp³-hybridized carbons (Fsp3) is 0.412. The van der Waals surface area contributed by atoms with Crippen LogP contribution in [0.2, 0.25) is 0 Å². The van der Waals surface area contributed by atoms with E-state index in [9.17, 15) is 5.11 Å². The summed E-state index contributed by atoms with van der Waals surface area (Å²) in [7, 11) is 0. The molecule has 21 heavy (non-hydrogen) atoms. The van der Waals surface area contributed by atoms with Crippen molar-refractivity contribution in [3.63, 3.8) is 0 Å². The molecule has 0 aliphatic heterocycles. The molecule has 2 N–H and O–H groups in total. The van der Waals surface area contributed by atoms with Crippen molar-refractivity contribution in [1.82, 2.24) is 15.3 Å². The second-order valence-electron chi connectivity index (χ2n) is 5.73. The van der Waals surface area contributed by atoms with Gasteiger partial charge in [0.05, 0.1) is 0 Å². The van der Waals surface area contributed by atoms with Gasteiger partial charge in [-0.3, -0.25) is 0 Å². The Balaban J connectivity index is 1.81. The zero-order valence-electron chi connectivity index (χ0n) is 12.6. The Labute approximate surface area is 125 Å². The summed E-state index contributed by atoms with van der Waals surface area (Å²) >= 11 is 0. The van der Waals surface area contributed by atoms with Crippen molar-refractivity contribution < 1.29 is 5.11 Å². The van der Waals surface area contributed by atoms with E-state index in [4.69, 9.17) is 0 Å². The summed E-state index contributed by atoms with van der Waals surface area (Å²) in [6, 6.07) is 7.82. The summed E-state index contributed by atoms with van der Waals surface area (Å²) < 4.78 is 0. The van der Waals surface area contributed by atoms with Gasteiger partial charge in [-0.25, -0.2) is 9.97 Å².